The SMILES string of the molecule is CC1NC(C)C(CC(=O)NC2CC(c3cc(=O)[nH]c(C4CC4)n3)C2)S1. The van der Waals surface area contributed by atoms with Crippen molar-refractivity contribution < 1.29 is 4.79 Å². The van der Waals surface area contributed by atoms with Crippen LogP contribution in [-0.2, 0) is 4.79 Å². The van der Waals surface area contributed by atoms with Crippen LogP contribution < -0.4 is 16.2 Å². The van der Waals surface area contributed by atoms with Gasteiger partial charge in [-0.3, -0.25) is 9.59 Å². The molecule has 1 aliphatic heterocycles. The van der Waals surface area contributed by atoms with Crippen molar-refractivity contribution in [3.8, 4) is 0 Å². The minimum atomic E-state index is -0.0479. The minimum absolute atomic E-state index is 0.0479. The summed E-state index contributed by atoms with van der Waals surface area (Å²) in [5, 5.41) is 7.37. The van der Waals surface area contributed by atoms with Gasteiger partial charge in [0, 0.05) is 41.7 Å². The molecule has 4 rings (SSSR count). The fraction of sp³-hybridized carbons (Fsp3) is 0.722. The summed E-state index contributed by atoms with van der Waals surface area (Å²) in [6.45, 7) is 4.28. The normalized spacial score (nSPS) is 34.6. The number of carbonyl (C=O) groups excluding carboxylic acids is 1. The zero-order chi connectivity index (χ0) is 17.6. The monoisotopic (exact) mass is 362 g/mol. The molecule has 3 aliphatic rings. The van der Waals surface area contributed by atoms with Crippen LogP contribution in [0.15, 0.2) is 10.9 Å². The number of H-pyrrole nitrogens is 1. The number of aromatic amines is 1. The first-order valence-electron chi connectivity index (χ1n) is 9.30. The second-order valence-electron chi connectivity index (χ2n) is 7.74. The van der Waals surface area contributed by atoms with Gasteiger partial charge in [0.1, 0.15) is 5.82 Å². The van der Waals surface area contributed by atoms with Crippen molar-refractivity contribution in [3.05, 3.63) is 27.9 Å². The van der Waals surface area contributed by atoms with Crippen LogP contribution >= 0.6 is 11.8 Å². The summed E-state index contributed by atoms with van der Waals surface area (Å²) in [6.07, 6.45) is 4.59. The van der Waals surface area contributed by atoms with Gasteiger partial charge in [0.25, 0.3) is 5.56 Å². The molecule has 0 radical (unpaired) electrons. The average Bonchev–Trinajstić information content (AvgIpc) is 3.29. The molecular weight excluding hydrogens is 336 g/mol. The first-order chi connectivity index (χ1) is 12.0. The van der Waals surface area contributed by atoms with Gasteiger partial charge in [0.15, 0.2) is 0 Å². The van der Waals surface area contributed by atoms with E-state index in [1.165, 1.54) is 0 Å². The number of hydrogen-bond donors (Lipinski definition) is 3. The number of nitrogens with one attached hydrogen (secondary N) is 3. The predicted octanol–water partition coefficient (Wildman–Crippen LogP) is 1.84. The Bertz CT molecular complexity index is 711. The van der Waals surface area contributed by atoms with Gasteiger partial charge in [-0.2, -0.15) is 0 Å². The van der Waals surface area contributed by atoms with E-state index in [0.29, 0.717) is 34.9 Å². The van der Waals surface area contributed by atoms with Gasteiger partial charge in [-0.15, -0.1) is 11.8 Å². The molecule has 3 fully saturated rings. The lowest BCUT2D eigenvalue weighted by atomic mass is 9.78. The average molecular weight is 362 g/mol. The van der Waals surface area contributed by atoms with Crippen LogP contribution in [-0.4, -0.2) is 38.6 Å². The number of aromatic nitrogens is 2. The summed E-state index contributed by atoms with van der Waals surface area (Å²) >= 11 is 1.84. The Morgan fingerprint density at radius 3 is 2.72 bits per heavy atom. The molecule has 2 saturated carbocycles. The van der Waals surface area contributed by atoms with Gasteiger partial charge in [-0.25, -0.2) is 4.98 Å². The zero-order valence-electron chi connectivity index (χ0n) is 14.7. The molecule has 25 heavy (non-hydrogen) atoms. The van der Waals surface area contributed by atoms with Crippen LogP contribution in [0.3, 0.4) is 0 Å². The van der Waals surface area contributed by atoms with Crippen molar-refractivity contribution in [2.24, 2.45) is 0 Å². The number of hydrogen-bond acceptors (Lipinski definition) is 5. The smallest absolute Gasteiger partial charge is 0.251 e. The maximum absolute atomic E-state index is 12.3. The van der Waals surface area contributed by atoms with Crippen LogP contribution in [0.5, 0.6) is 0 Å². The summed E-state index contributed by atoms with van der Waals surface area (Å²) in [6, 6.07) is 2.22. The molecule has 3 atom stereocenters. The van der Waals surface area contributed by atoms with Crippen LogP contribution in [0.4, 0.5) is 0 Å². The highest BCUT2D eigenvalue weighted by atomic mass is 32.2. The molecule has 1 amide bonds. The van der Waals surface area contributed by atoms with Gasteiger partial charge in [-0.1, -0.05) is 0 Å². The molecule has 2 aliphatic carbocycles. The van der Waals surface area contributed by atoms with E-state index in [9.17, 15) is 9.59 Å². The fourth-order valence-corrected chi connectivity index (χ4v) is 5.20. The topological polar surface area (TPSA) is 86.9 Å². The zero-order valence-corrected chi connectivity index (χ0v) is 15.6. The second-order valence-corrected chi connectivity index (χ2v) is 9.32. The molecule has 1 saturated heterocycles. The van der Waals surface area contributed by atoms with E-state index < -0.39 is 0 Å². The van der Waals surface area contributed by atoms with Crippen molar-refractivity contribution in [1.82, 2.24) is 20.6 Å². The third kappa shape index (κ3) is 3.92. The van der Waals surface area contributed by atoms with E-state index in [-0.39, 0.29) is 17.5 Å². The second kappa shape index (κ2) is 6.76. The maximum atomic E-state index is 12.3. The van der Waals surface area contributed by atoms with Gasteiger partial charge in [0.2, 0.25) is 5.91 Å². The van der Waals surface area contributed by atoms with Crippen molar-refractivity contribution in [2.75, 3.05) is 0 Å². The quantitative estimate of drug-likeness (QED) is 0.744. The Morgan fingerprint density at radius 1 is 1.32 bits per heavy atom. The predicted molar refractivity (Wildman–Crippen MR) is 98.8 cm³/mol. The maximum Gasteiger partial charge on any atom is 0.251 e. The van der Waals surface area contributed by atoms with Crippen molar-refractivity contribution in [1.29, 1.82) is 0 Å². The number of amides is 1. The molecule has 0 bridgehead atoms. The number of carbonyl (C=O) groups is 1. The first-order valence-corrected chi connectivity index (χ1v) is 10.2. The molecule has 1 aromatic heterocycles. The van der Waals surface area contributed by atoms with Gasteiger partial charge in [-0.05, 0) is 39.5 Å². The Labute approximate surface area is 152 Å². The van der Waals surface area contributed by atoms with Crippen LogP contribution in [0.1, 0.15) is 69.3 Å². The number of rotatable bonds is 5. The van der Waals surface area contributed by atoms with E-state index in [0.717, 1.165) is 37.2 Å². The Morgan fingerprint density at radius 2 is 2.08 bits per heavy atom. The van der Waals surface area contributed by atoms with Gasteiger partial charge in [0.05, 0.1) is 11.1 Å². The molecule has 2 heterocycles. The van der Waals surface area contributed by atoms with E-state index in [1.807, 2.05) is 11.8 Å². The lowest BCUT2D eigenvalue weighted by molar-refractivity contribution is -0.122. The van der Waals surface area contributed by atoms with E-state index in [2.05, 4.69) is 34.4 Å². The van der Waals surface area contributed by atoms with Crippen molar-refractivity contribution >= 4 is 17.7 Å². The van der Waals surface area contributed by atoms with Crippen molar-refractivity contribution in [2.45, 2.75) is 80.5 Å². The lowest BCUT2D eigenvalue weighted by Gasteiger charge is -2.35. The molecule has 6 nitrogen and oxygen atoms in total. The standard InChI is InChI=1S/C18H26N4O2S/c1-9-15(25-10(2)19-9)8-17(24)20-13-5-12(6-13)14-7-16(23)22-18(21-14)11-3-4-11/h7,9-13,15,19H,3-6,8H2,1-2H3,(H,20,24)(H,21,22,23). The molecule has 0 spiro atoms. The minimum Gasteiger partial charge on any atom is -0.353 e. The van der Waals surface area contributed by atoms with E-state index >= 15 is 0 Å². The molecular formula is C18H26N4O2S. The van der Waals surface area contributed by atoms with Gasteiger partial charge < -0.3 is 15.6 Å². The van der Waals surface area contributed by atoms with Crippen molar-refractivity contribution in [3.63, 3.8) is 0 Å². The highest BCUT2D eigenvalue weighted by Crippen LogP contribution is 2.40. The third-order valence-electron chi connectivity index (χ3n) is 5.49. The van der Waals surface area contributed by atoms with Gasteiger partial charge >= 0.3 is 0 Å². The highest BCUT2D eigenvalue weighted by molar-refractivity contribution is 8.00. The molecule has 3 N–H and O–H groups in total. The molecule has 0 aromatic carbocycles. The summed E-state index contributed by atoms with van der Waals surface area (Å²) in [5.41, 5.74) is 0.849. The third-order valence-corrected chi connectivity index (χ3v) is 6.95. The Kier molecular flexibility index (Phi) is 4.62. The summed E-state index contributed by atoms with van der Waals surface area (Å²) < 4.78 is 0. The van der Waals surface area contributed by atoms with E-state index in [4.69, 9.17) is 0 Å². The number of thioether (sulfide) groups is 1. The fourth-order valence-electron chi connectivity index (χ4n) is 3.82. The number of nitrogens with zero attached hydrogens (tertiary/aromatic N) is 1. The molecule has 7 heteroatoms. The first kappa shape index (κ1) is 17.1. The van der Waals surface area contributed by atoms with Crippen LogP contribution in [0.2, 0.25) is 0 Å². The van der Waals surface area contributed by atoms with Crippen LogP contribution in [0.25, 0.3) is 0 Å². The van der Waals surface area contributed by atoms with E-state index in [1.54, 1.807) is 6.07 Å². The Hall–Kier alpha value is -1.34. The Balaban J connectivity index is 1.28. The molecule has 136 valence electrons. The molecule has 3 unspecified atom stereocenters. The summed E-state index contributed by atoms with van der Waals surface area (Å²) in [5.74, 6) is 1.74. The molecule has 1 aromatic rings. The van der Waals surface area contributed by atoms with Crippen LogP contribution in [0, 0.1) is 0 Å². The summed E-state index contributed by atoms with van der Waals surface area (Å²) in [7, 11) is 0. The highest BCUT2D eigenvalue weighted by Gasteiger charge is 2.36. The summed E-state index contributed by atoms with van der Waals surface area (Å²) in [4.78, 5) is 31.6. The largest absolute Gasteiger partial charge is 0.353 e. The lowest BCUT2D eigenvalue weighted by Crippen LogP contribution is -2.45.